The Morgan fingerprint density at radius 1 is 1.38 bits per heavy atom. The van der Waals surface area contributed by atoms with Crippen molar-refractivity contribution in [2.75, 3.05) is 6.54 Å². The largest absolute Gasteiger partial charge is 0.416 e. The standard InChI is InChI=1S/C14H16F3N5O2/c1-22-8-20-12(21-22)7-19-13(24)18-6-11(23)9-3-2-4-10(5-9)14(15,16)17/h2-5,8,11,23H,6-7H2,1H3,(H2,18,19,24). The van der Waals surface area contributed by atoms with Crippen LogP contribution in [-0.2, 0) is 19.8 Å². The van der Waals surface area contributed by atoms with E-state index in [1.54, 1.807) is 7.05 Å². The molecule has 1 heterocycles. The Morgan fingerprint density at radius 2 is 2.12 bits per heavy atom. The van der Waals surface area contributed by atoms with Gasteiger partial charge in [0.15, 0.2) is 5.82 Å². The number of carbonyl (C=O) groups is 1. The summed E-state index contributed by atoms with van der Waals surface area (Å²) in [6.45, 7) is -0.144. The molecule has 0 saturated heterocycles. The third-order valence-electron chi connectivity index (χ3n) is 3.11. The molecule has 0 aliphatic carbocycles. The third kappa shape index (κ3) is 4.95. The van der Waals surface area contributed by atoms with Gasteiger partial charge in [0, 0.05) is 13.6 Å². The Balaban J connectivity index is 1.84. The van der Waals surface area contributed by atoms with E-state index >= 15 is 0 Å². The normalized spacial score (nSPS) is 12.7. The summed E-state index contributed by atoms with van der Waals surface area (Å²) in [5.41, 5.74) is -0.791. The third-order valence-corrected chi connectivity index (χ3v) is 3.11. The molecule has 24 heavy (non-hydrogen) atoms. The summed E-state index contributed by atoms with van der Waals surface area (Å²) in [4.78, 5) is 15.5. The van der Waals surface area contributed by atoms with Crippen LogP contribution in [0.2, 0.25) is 0 Å². The quantitative estimate of drug-likeness (QED) is 0.764. The van der Waals surface area contributed by atoms with Crippen LogP contribution in [0.3, 0.4) is 0 Å². The highest BCUT2D eigenvalue weighted by Gasteiger charge is 2.30. The first-order valence-electron chi connectivity index (χ1n) is 6.97. The highest BCUT2D eigenvalue weighted by atomic mass is 19.4. The van der Waals surface area contributed by atoms with Crippen molar-refractivity contribution in [3.05, 3.63) is 47.5 Å². The van der Waals surface area contributed by atoms with Gasteiger partial charge in [-0.2, -0.15) is 18.3 Å². The summed E-state index contributed by atoms with van der Waals surface area (Å²) in [5, 5.41) is 18.7. The van der Waals surface area contributed by atoms with Crippen LogP contribution < -0.4 is 10.6 Å². The predicted molar refractivity (Wildman–Crippen MR) is 77.6 cm³/mol. The number of aryl methyl sites for hydroxylation is 1. The number of aliphatic hydroxyl groups is 1. The van der Waals surface area contributed by atoms with E-state index in [-0.39, 0.29) is 18.7 Å². The van der Waals surface area contributed by atoms with Crippen molar-refractivity contribution < 1.29 is 23.1 Å². The van der Waals surface area contributed by atoms with Gasteiger partial charge in [-0.15, -0.1) is 0 Å². The second-order valence-corrected chi connectivity index (χ2v) is 5.04. The van der Waals surface area contributed by atoms with Crippen molar-refractivity contribution in [2.45, 2.75) is 18.8 Å². The van der Waals surface area contributed by atoms with Gasteiger partial charge in [0.25, 0.3) is 0 Å². The summed E-state index contributed by atoms with van der Waals surface area (Å²) in [6, 6.07) is 3.73. The van der Waals surface area contributed by atoms with E-state index in [0.29, 0.717) is 5.82 Å². The minimum Gasteiger partial charge on any atom is -0.387 e. The molecular weight excluding hydrogens is 327 g/mol. The number of nitrogens with zero attached hydrogens (tertiary/aromatic N) is 3. The summed E-state index contributed by atoms with van der Waals surface area (Å²) >= 11 is 0. The number of alkyl halides is 3. The van der Waals surface area contributed by atoms with Gasteiger partial charge in [0.1, 0.15) is 6.33 Å². The average molecular weight is 343 g/mol. The van der Waals surface area contributed by atoms with Crippen LogP contribution in [-0.4, -0.2) is 32.4 Å². The van der Waals surface area contributed by atoms with E-state index in [1.165, 1.54) is 23.1 Å². The first-order chi connectivity index (χ1) is 11.3. The lowest BCUT2D eigenvalue weighted by Gasteiger charge is -2.14. The molecule has 0 radical (unpaired) electrons. The van der Waals surface area contributed by atoms with E-state index in [1.807, 2.05) is 0 Å². The molecule has 10 heteroatoms. The Kier molecular flexibility index (Phi) is 5.39. The summed E-state index contributed by atoms with van der Waals surface area (Å²) in [5.74, 6) is 0.408. The molecule has 0 spiro atoms. The van der Waals surface area contributed by atoms with Crippen LogP contribution >= 0.6 is 0 Å². The first kappa shape index (κ1) is 17.7. The molecule has 0 aliphatic heterocycles. The molecule has 1 aromatic carbocycles. The maximum absolute atomic E-state index is 12.6. The van der Waals surface area contributed by atoms with Crippen LogP contribution in [0.1, 0.15) is 23.1 Å². The lowest BCUT2D eigenvalue weighted by molar-refractivity contribution is -0.137. The molecule has 2 rings (SSSR count). The van der Waals surface area contributed by atoms with Crippen molar-refractivity contribution in [3.8, 4) is 0 Å². The molecule has 1 aromatic heterocycles. The van der Waals surface area contributed by atoms with Crippen LogP contribution in [0.25, 0.3) is 0 Å². The molecule has 2 aromatic rings. The molecule has 2 amide bonds. The number of halogens is 3. The number of nitrogens with one attached hydrogen (secondary N) is 2. The molecule has 0 saturated carbocycles. The maximum atomic E-state index is 12.6. The Labute approximate surface area is 135 Å². The second-order valence-electron chi connectivity index (χ2n) is 5.04. The lowest BCUT2D eigenvalue weighted by atomic mass is 10.1. The minimum atomic E-state index is -4.49. The zero-order chi connectivity index (χ0) is 17.7. The van der Waals surface area contributed by atoms with Gasteiger partial charge in [-0.1, -0.05) is 12.1 Å². The fourth-order valence-electron chi connectivity index (χ4n) is 1.92. The van der Waals surface area contributed by atoms with Gasteiger partial charge in [-0.05, 0) is 17.7 Å². The number of aromatic nitrogens is 3. The van der Waals surface area contributed by atoms with Crippen LogP contribution in [0.5, 0.6) is 0 Å². The number of rotatable bonds is 5. The van der Waals surface area contributed by atoms with Crippen molar-refractivity contribution in [1.82, 2.24) is 25.4 Å². The molecule has 0 fully saturated rings. The van der Waals surface area contributed by atoms with E-state index in [2.05, 4.69) is 20.7 Å². The van der Waals surface area contributed by atoms with Crippen molar-refractivity contribution in [1.29, 1.82) is 0 Å². The summed E-state index contributed by atoms with van der Waals surface area (Å²) in [7, 11) is 1.68. The number of hydrogen-bond acceptors (Lipinski definition) is 4. The van der Waals surface area contributed by atoms with Crippen LogP contribution in [0.15, 0.2) is 30.6 Å². The van der Waals surface area contributed by atoms with E-state index in [4.69, 9.17) is 0 Å². The molecule has 3 N–H and O–H groups in total. The van der Waals surface area contributed by atoms with E-state index in [0.717, 1.165) is 12.1 Å². The number of amides is 2. The Bertz CT molecular complexity index is 702. The fourth-order valence-corrected chi connectivity index (χ4v) is 1.92. The SMILES string of the molecule is Cn1cnc(CNC(=O)NCC(O)c2cccc(C(F)(F)F)c2)n1. The van der Waals surface area contributed by atoms with Gasteiger partial charge in [0.2, 0.25) is 0 Å². The van der Waals surface area contributed by atoms with Crippen LogP contribution in [0.4, 0.5) is 18.0 Å². The average Bonchev–Trinajstić information content (AvgIpc) is 2.95. The topological polar surface area (TPSA) is 92.1 Å². The zero-order valence-corrected chi connectivity index (χ0v) is 12.7. The van der Waals surface area contributed by atoms with Crippen molar-refractivity contribution >= 4 is 6.03 Å². The van der Waals surface area contributed by atoms with Gasteiger partial charge in [-0.25, -0.2) is 9.78 Å². The first-order valence-corrected chi connectivity index (χ1v) is 6.97. The maximum Gasteiger partial charge on any atom is 0.416 e. The van der Waals surface area contributed by atoms with E-state index in [9.17, 15) is 23.1 Å². The molecule has 7 nitrogen and oxygen atoms in total. The number of hydrogen-bond donors (Lipinski definition) is 3. The van der Waals surface area contributed by atoms with Crippen molar-refractivity contribution in [3.63, 3.8) is 0 Å². The minimum absolute atomic E-state index is 0.0662. The number of carbonyl (C=O) groups excluding carboxylic acids is 1. The Hall–Kier alpha value is -2.62. The highest BCUT2D eigenvalue weighted by Crippen LogP contribution is 2.30. The zero-order valence-electron chi connectivity index (χ0n) is 12.7. The highest BCUT2D eigenvalue weighted by molar-refractivity contribution is 5.73. The summed E-state index contributed by atoms with van der Waals surface area (Å²) < 4.78 is 39.4. The lowest BCUT2D eigenvalue weighted by Crippen LogP contribution is -2.37. The molecule has 0 bridgehead atoms. The fraction of sp³-hybridized carbons (Fsp3) is 0.357. The van der Waals surface area contributed by atoms with Gasteiger partial charge >= 0.3 is 12.2 Å². The molecule has 1 unspecified atom stereocenters. The summed E-state index contributed by atoms with van der Waals surface area (Å²) in [6.07, 6.45) is -4.27. The Morgan fingerprint density at radius 3 is 2.75 bits per heavy atom. The number of aliphatic hydroxyl groups excluding tert-OH is 1. The molecule has 1 atom stereocenters. The molecule has 130 valence electrons. The number of urea groups is 1. The predicted octanol–water partition coefficient (Wildman–Crippen LogP) is 1.37. The van der Waals surface area contributed by atoms with Gasteiger partial charge < -0.3 is 15.7 Å². The van der Waals surface area contributed by atoms with Gasteiger partial charge in [-0.3, -0.25) is 4.68 Å². The number of benzene rings is 1. The second kappa shape index (κ2) is 7.30. The monoisotopic (exact) mass is 343 g/mol. The van der Waals surface area contributed by atoms with E-state index < -0.39 is 23.9 Å². The molecular formula is C14H16F3N5O2. The van der Waals surface area contributed by atoms with Crippen molar-refractivity contribution in [2.24, 2.45) is 7.05 Å². The van der Waals surface area contributed by atoms with Crippen LogP contribution in [0, 0.1) is 0 Å². The molecule has 0 aliphatic rings. The van der Waals surface area contributed by atoms with Gasteiger partial charge in [0.05, 0.1) is 18.2 Å². The smallest absolute Gasteiger partial charge is 0.387 e.